The van der Waals surface area contributed by atoms with Gasteiger partial charge in [0.15, 0.2) is 0 Å². The van der Waals surface area contributed by atoms with Crippen LogP contribution in [0.2, 0.25) is 5.02 Å². The summed E-state index contributed by atoms with van der Waals surface area (Å²) in [5.74, 6) is -0.390. The summed E-state index contributed by atoms with van der Waals surface area (Å²) in [6.07, 6.45) is 3.83. The third kappa shape index (κ3) is 3.63. The van der Waals surface area contributed by atoms with E-state index in [4.69, 9.17) is 16.7 Å². The molecule has 3 heterocycles. The van der Waals surface area contributed by atoms with E-state index in [0.29, 0.717) is 18.0 Å². The molecule has 0 saturated carbocycles. The molecule has 1 saturated heterocycles. The monoisotopic (exact) mass is 405 g/mol. The second kappa shape index (κ2) is 7.90. The van der Waals surface area contributed by atoms with Crippen molar-refractivity contribution in [3.8, 4) is 17.0 Å². The van der Waals surface area contributed by atoms with Gasteiger partial charge in [-0.3, -0.25) is 9.30 Å². The average Bonchev–Trinajstić information content (AvgIpc) is 3.13. The number of rotatable bonds is 5. The maximum Gasteiger partial charge on any atom is 0.228 e. The van der Waals surface area contributed by atoms with Gasteiger partial charge in [0.25, 0.3) is 0 Å². The second-order valence-electron chi connectivity index (χ2n) is 6.93. The Morgan fingerprint density at radius 3 is 2.96 bits per heavy atom. The molecule has 0 unspecified atom stereocenters. The van der Waals surface area contributed by atoms with Crippen LogP contribution < -0.4 is 5.32 Å². The molecule has 4 rings (SSSR count). The molecule has 1 fully saturated rings. The molecule has 0 spiro atoms. The highest BCUT2D eigenvalue weighted by molar-refractivity contribution is 6.30. The van der Waals surface area contributed by atoms with Crippen molar-refractivity contribution in [1.29, 1.82) is 0 Å². The van der Waals surface area contributed by atoms with Crippen LogP contribution in [0.15, 0.2) is 30.5 Å². The molecule has 7 nitrogen and oxygen atoms in total. The fraction of sp³-hybridized carbons (Fsp3) is 0.368. The largest absolute Gasteiger partial charge is 0.507 e. The summed E-state index contributed by atoms with van der Waals surface area (Å²) in [5, 5.41) is 31.3. The number of nitrogens with one attached hydrogen (secondary N) is 1. The molecule has 1 aliphatic heterocycles. The number of nitrogens with zero attached hydrogens (tertiary/aromatic N) is 4. The van der Waals surface area contributed by atoms with Crippen LogP contribution in [0.3, 0.4) is 0 Å². The van der Waals surface area contributed by atoms with E-state index < -0.39 is 5.82 Å². The predicted molar refractivity (Wildman–Crippen MR) is 105 cm³/mol. The number of phenols is 1. The van der Waals surface area contributed by atoms with Gasteiger partial charge in [-0.25, -0.2) is 4.39 Å². The highest BCUT2D eigenvalue weighted by atomic mass is 35.5. The first-order valence-corrected chi connectivity index (χ1v) is 9.56. The lowest BCUT2D eigenvalue weighted by atomic mass is 10.1. The van der Waals surface area contributed by atoms with E-state index in [1.165, 1.54) is 6.07 Å². The third-order valence-electron chi connectivity index (χ3n) is 4.99. The summed E-state index contributed by atoms with van der Waals surface area (Å²) in [6.45, 7) is 2.56. The predicted octanol–water partition coefficient (Wildman–Crippen LogP) is 2.76. The van der Waals surface area contributed by atoms with E-state index in [2.05, 4.69) is 20.4 Å². The zero-order valence-corrected chi connectivity index (χ0v) is 15.9. The highest BCUT2D eigenvalue weighted by Gasteiger charge is 2.22. The van der Waals surface area contributed by atoms with Gasteiger partial charge in [0.05, 0.1) is 17.7 Å². The van der Waals surface area contributed by atoms with Crippen LogP contribution in [-0.4, -0.2) is 62.0 Å². The summed E-state index contributed by atoms with van der Waals surface area (Å²) >= 11 is 5.80. The van der Waals surface area contributed by atoms with Crippen molar-refractivity contribution in [2.45, 2.75) is 18.9 Å². The van der Waals surface area contributed by atoms with Crippen LogP contribution in [0.5, 0.6) is 5.75 Å². The van der Waals surface area contributed by atoms with Crippen molar-refractivity contribution in [1.82, 2.24) is 19.5 Å². The lowest BCUT2D eigenvalue weighted by molar-refractivity contribution is 0.166. The molecule has 1 aromatic carbocycles. The van der Waals surface area contributed by atoms with Crippen LogP contribution in [0, 0.1) is 5.82 Å². The van der Waals surface area contributed by atoms with Crippen molar-refractivity contribution in [2.24, 2.45) is 0 Å². The van der Waals surface area contributed by atoms with Gasteiger partial charge in [0.2, 0.25) is 5.95 Å². The molecule has 3 aromatic rings. The summed E-state index contributed by atoms with van der Waals surface area (Å²) in [4.78, 5) is 2.21. The van der Waals surface area contributed by atoms with Crippen LogP contribution in [0.4, 0.5) is 10.3 Å². The lowest BCUT2D eigenvalue weighted by Gasteiger charge is -2.32. The minimum Gasteiger partial charge on any atom is -0.507 e. The van der Waals surface area contributed by atoms with Gasteiger partial charge < -0.3 is 15.5 Å². The normalized spacial score (nSPS) is 17.9. The molecule has 3 N–H and O–H groups in total. The lowest BCUT2D eigenvalue weighted by Crippen LogP contribution is -2.43. The van der Waals surface area contributed by atoms with Crippen LogP contribution >= 0.6 is 11.6 Å². The number of β-amino-alcohol motifs (C(OH)–C–C–N with tert-alkyl or cyclic N) is 1. The topological polar surface area (TPSA) is 85.9 Å². The number of anilines is 1. The van der Waals surface area contributed by atoms with Crippen molar-refractivity contribution in [3.05, 3.63) is 41.3 Å². The zero-order chi connectivity index (χ0) is 19.7. The number of aliphatic hydroxyl groups excluding tert-OH is 1. The maximum atomic E-state index is 14.5. The van der Waals surface area contributed by atoms with E-state index in [-0.39, 0.29) is 34.7 Å². The number of likely N-dealkylation sites (tertiary alicyclic amines) is 1. The number of halogens is 2. The van der Waals surface area contributed by atoms with E-state index in [1.807, 2.05) is 12.3 Å². The first-order valence-electron chi connectivity index (χ1n) is 9.18. The van der Waals surface area contributed by atoms with Crippen molar-refractivity contribution in [2.75, 3.05) is 31.6 Å². The number of aliphatic hydroxyl groups is 1. The van der Waals surface area contributed by atoms with Gasteiger partial charge in [-0.05, 0) is 43.7 Å². The Labute approximate surface area is 166 Å². The van der Waals surface area contributed by atoms with Gasteiger partial charge in [0, 0.05) is 30.4 Å². The Kier molecular flexibility index (Phi) is 5.34. The van der Waals surface area contributed by atoms with Crippen molar-refractivity contribution in [3.63, 3.8) is 0 Å². The van der Waals surface area contributed by atoms with Gasteiger partial charge in [-0.15, -0.1) is 10.2 Å². The number of aromatic hydroxyl groups is 1. The first-order chi connectivity index (χ1) is 13.6. The maximum absolute atomic E-state index is 14.5. The van der Waals surface area contributed by atoms with E-state index in [9.17, 15) is 9.50 Å². The van der Waals surface area contributed by atoms with E-state index >= 15 is 0 Å². The Bertz CT molecular complexity index is 971. The van der Waals surface area contributed by atoms with Gasteiger partial charge in [0.1, 0.15) is 17.3 Å². The summed E-state index contributed by atoms with van der Waals surface area (Å²) < 4.78 is 16.2. The number of aromatic nitrogens is 3. The molecule has 0 radical (unpaired) electrons. The fourth-order valence-electron chi connectivity index (χ4n) is 3.73. The average molecular weight is 406 g/mol. The Hall–Kier alpha value is -2.42. The van der Waals surface area contributed by atoms with Gasteiger partial charge >= 0.3 is 0 Å². The van der Waals surface area contributed by atoms with Crippen LogP contribution in [0.1, 0.15) is 12.8 Å². The van der Waals surface area contributed by atoms with Gasteiger partial charge in [-0.2, -0.15) is 0 Å². The number of piperidine rings is 1. The number of fused-ring (bicyclic) bond motifs is 1. The number of benzene rings is 1. The molecule has 0 aliphatic carbocycles. The Balaban J connectivity index is 1.67. The van der Waals surface area contributed by atoms with Gasteiger partial charge in [-0.1, -0.05) is 11.6 Å². The molecular weight excluding hydrogens is 385 g/mol. The molecule has 1 atom stereocenters. The fourth-order valence-corrected chi connectivity index (χ4v) is 3.93. The molecule has 2 aromatic heterocycles. The molecule has 28 heavy (non-hydrogen) atoms. The number of hydrogen-bond acceptors (Lipinski definition) is 6. The summed E-state index contributed by atoms with van der Waals surface area (Å²) in [5.41, 5.74) is 0.837. The molecular formula is C19H21ClFN5O2. The molecule has 0 amide bonds. The molecule has 1 aliphatic rings. The highest BCUT2D eigenvalue weighted by Crippen LogP contribution is 2.36. The molecule has 148 valence electrons. The minimum absolute atomic E-state index is 0.0288. The van der Waals surface area contributed by atoms with E-state index in [0.717, 1.165) is 32.0 Å². The van der Waals surface area contributed by atoms with Crippen LogP contribution in [-0.2, 0) is 0 Å². The summed E-state index contributed by atoms with van der Waals surface area (Å²) in [6, 6.07) is 6.21. The second-order valence-corrected chi connectivity index (χ2v) is 7.36. The Morgan fingerprint density at radius 2 is 2.18 bits per heavy atom. The van der Waals surface area contributed by atoms with Crippen molar-refractivity contribution >= 4 is 23.1 Å². The van der Waals surface area contributed by atoms with Crippen molar-refractivity contribution < 1.29 is 14.6 Å². The standard InChI is InChI=1S/C19H21ClFN5O2/c20-12-9-14(21)17(16(28)10-12)18-15-4-2-6-26(15)19(24-23-18)22-13-3-1-5-25(11-13)7-8-27/h2,4,6,9-10,13,27-28H,1,3,5,7-8,11H2,(H,22,24)/t13-/m1/s1. The Morgan fingerprint density at radius 1 is 1.32 bits per heavy atom. The van der Waals surface area contributed by atoms with E-state index in [1.54, 1.807) is 10.5 Å². The number of hydrogen-bond donors (Lipinski definition) is 3. The summed E-state index contributed by atoms with van der Waals surface area (Å²) in [7, 11) is 0. The molecule has 9 heteroatoms. The quantitative estimate of drug-likeness (QED) is 0.605. The minimum atomic E-state index is -0.657. The van der Waals surface area contributed by atoms with Crippen LogP contribution in [0.25, 0.3) is 16.8 Å². The zero-order valence-electron chi connectivity index (χ0n) is 15.1. The smallest absolute Gasteiger partial charge is 0.228 e. The molecule has 0 bridgehead atoms. The first kappa shape index (κ1) is 18.9. The third-order valence-corrected chi connectivity index (χ3v) is 5.21. The SMILES string of the molecule is OCCN1CCC[C@@H](Nc2nnc(-c3c(O)cc(Cl)cc3F)c3cccn23)C1. The number of phenolic OH excluding ortho intramolecular Hbond substituents is 1.